The number of methoxy groups -OCH3 is 1. The fourth-order valence-electron chi connectivity index (χ4n) is 3.04. The number of aromatic hydroxyl groups is 1. The van der Waals surface area contributed by atoms with Gasteiger partial charge in [-0.05, 0) is 61.5 Å². The topological polar surface area (TPSA) is 71.4 Å². The third-order valence-corrected chi connectivity index (χ3v) is 5.47. The highest BCUT2D eigenvalue weighted by Gasteiger charge is 2.33. The van der Waals surface area contributed by atoms with Gasteiger partial charge in [-0.25, -0.2) is 4.99 Å². The number of rotatable bonds is 8. The fraction of sp³-hybridized carbons (Fsp3) is 0.250. The average Bonchev–Trinajstić information content (AvgIpc) is 3.05. The molecule has 1 saturated heterocycles. The number of hydrogen-bond donors (Lipinski definition) is 1. The molecule has 162 valence electrons. The van der Waals surface area contributed by atoms with Crippen LogP contribution in [0.3, 0.4) is 0 Å². The van der Waals surface area contributed by atoms with E-state index in [9.17, 15) is 9.90 Å². The molecule has 1 aliphatic rings. The van der Waals surface area contributed by atoms with Gasteiger partial charge in [-0.3, -0.25) is 9.69 Å². The van der Waals surface area contributed by atoms with Gasteiger partial charge in [0.1, 0.15) is 0 Å². The number of benzene rings is 2. The number of amidine groups is 1. The Bertz CT molecular complexity index is 1020. The van der Waals surface area contributed by atoms with Crippen LogP contribution in [0.2, 0.25) is 0 Å². The molecule has 0 bridgehead atoms. The number of para-hydroxylation sites is 1. The summed E-state index contributed by atoms with van der Waals surface area (Å²) in [7, 11) is 1.60. The highest BCUT2D eigenvalue weighted by Crippen LogP contribution is 2.37. The molecule has 31 heavy (non-hydrogen) atoms. The lowest BCUT2D eigenvalue weighted by molar-refractivity contribution is -0.122. The number of carbonyl (C=O) groups excluding carboxylic acids is 1. The zero-order valence-electron chi connectivity index (χ0n) is 17.9. The second-order valence-electron chi connectivity index (χ2n) is 6.68. The van der Waals surface area contributed by atoms with Crippen molar-refractivity contribution in [2.45, 2.75) is 13.8 Å². The molecule has 0 radical (unpaired) electrons. The van der Waals surface area contributed by atoms with Crippen LogP contribution < -0.4 is 4.74 Å². The van der Waals surface area contributed by atoms with Crippen LogP contribution in [0.1, 0.15) is 25.0 Å². The Morgan fingerprint density at radius 2 is 2.00 bits per heavy atom. The van der Waals surface area contributed by atoms with E-state index in [1.807, 2.05) is 56.3 Å². The van der Waals surface area contributed by atoms with Gasteiger partial charge in [0.15, 0.2) is 16.7 Å². The van der Waals surface area contributed by atoms with E-state index >= 15 is 0 Å². The molecule has 2 aromatic carbocycles. The number of allylic oxidation sites excluding steroid dienone is 1. The summed E-state index contributed by atoms with van der Waals surface area (Å²) in [4.78, 5) is 19.9. The maximum atomic E-state index is 13.1. The number of ether oxygens (including phenoxy) is 2. The number of carbonyl (C=O) groups is 1. The third kappa shape index (κ3) is 5.57. The van der Waals surface area contributed by atoms with Crippen molar-refractivity contribution in [3.05, 3.63) is 64.6 Å². The Kier molecular flexibility index (Phi) is 7.92. The Morgan fingerprint density at radius 1 is 1.23 bits per heavy atom. The van der Waals surface area contributed by atoms with Gasteiger partial charge in [0.2, 0.25) is 0 Å². The van der Waals surface area contributed by atoms with Crippen LogP contribution in [0.4, 0.5) is 5.69 Å². The van der Waals surface area contributed by atoms with Crippen molar-refractivity contribution in [1.29, 1.82) is 0 Å². The molecule has 0 aromatic heterocycles. The average molecular weight is 439 g/mol. The van der Waals surface area contributed by atoms with Gasteiger partial charge in [0.25, 0.3) is 5.91 Å². The van der Waals surface area contributed by atoms with Crippen molar-refractivity contribution in [1.82, 2.24) is 4.90 Å². The third-order valence-electron chi connectivity index (χ3n) is 4.46. The van der Waals surface area contributed by atoms with E-state index in [1.54, 1.807) is 30.2 Å². The van der Waals surface area contributed by atoms with Gasteiger partial charge < -0.3 is 14.6 Å². The van der Waals surface area contributed by atoms with Gasteiger partial charge in [-0.2, -0.15) is 0 Å². The summed E-state index contributed by atoms with van der Waals surface area (Å²) in [5.41, 5.74) is 2.17. The molecule has 1 amide bonds. The van der Waals surface area contributed by atoms with Crippen LogP contribution >= 0.6 is 11.8 Å². The minimum absolute atomic E-state index is 0.0838. The zero-order chi connectivity index (χ0) is 22.2. The Labute approximate surface area is 186 Å². The van der Waals surface area contributed by atoms with E-state index in [1.165, 1.54) is 11.8 Å². The molecule has 0 unspecified atom stereocenters. The van der Waals surface area contributed by atoms with Crippen molar-refractivity contribution >= 4 is 40.7 Å². The van der Waals surface area contributed by atoms with Crippen molar-refractivity contribution in [2.75, 3.05) is 26.9 Å². The molecule has 1 heterocycles. The monoisotopic (exact) mass is 438 g/mol. The lowest BCUT2D eigenvalue weighted by atomic mass is 10.1. The summed E-state index contributed by atoms with van der Waals surface area (Å²) in [6, 6.07) is 13.1. The first kappa shape index (κ1) is 22.7. The van der Waals surface area contributed by atoms with E-state index in [-0.39, 0.29) is 11.7 Å². The predicted molar refractivity (Wildman–Crippen MR) is 127 cm³/mol. The van der Waals surface area contributed by atoms with Crippen LogP contribution in [0, 0.1) is 0 Å². The minimum atomic E-state index is -0.129. The zero-order valence-corrected chi connectivity index (χ0v) is 18.7. The molecule has 0 saturated carbocycles. The van der Waals surface area contributed by atoms with Crippen LogP contribution in [-0.2, 0) is 9.53 Å². The van der Waals surface area contributed by atoms with E-state index in [4.69, 9.17) is 9.47 Å². The molecule has 0 spiro atoms. The van der Waals surface area contributed by atoms with Crippen molar-refractivity contribution in [2.24, 2.45) is 4.99 Å². The van der Waals surface area contributed by atoms with Crippen LogP contribution in [0.25, 0.3) is 12.2 Å². The molecule has 6 nitrogen and oxygen atoms in total. The largest absolute Gasteiger partial charge is 0.504 e. The highest BCUT2D eigenvalue weighted by molar-refractivity contribution is 8.18. The summed E-state index contributed by atoms with van der Waals surface area (Å²) in [6.45, 7) is 4.98. The van der Waals surface area contributed by atoms with Crippen LogP contribution in [0.15, 0.2) is 58.4 Å². The quantitative estimate of drug-likeness (QED) is 0.583. The van der Waals surface area contributed by atoms with Crippen molar-refractivity contribution in [3.63, 3.8) is 0 Å². The summed E-state index contributed by atoms with van der Waals surface area (Å²) >= 11 is 1.32. The molecule has 1 N–H and O–H groups in total. The summed E-state index contributed by atoms with van der Waals surface area (Å²) in [5.74, 6) is 0.339. The number of amides is 1. The SMILES string of the molecule is C/C=C/c1cc(/C=C2\S/C(=N\c3ccccc3)N(CCOC)C2=O)cc(OCC)c1O. The van der Waals surface area contributed by atoms with Gasteiger partial charge in [-0.15, -0.1) is 0 Å². The van der Waals surface area contributed by atoms with E-state index < -0.39 is 0 Å². The number of thioether (sulfide) groups is 1. The first-order valence-electron chi connectivity index (χ1n) is 10.0. The molecule has 0 aliphatic carbocycles. The van der Waals surface area contributed by atoms with Gasteiger partial charge in [0.05, 0.1) is 30.4 Å². The van der Waals surface area contributed by atoms with E-state index in [2.05, 4.69) is 4.99 Å². The summed E-state index contributed by atoms with van der Waals surface area (Å²) in [5, 5.41) is 11.0. The molecule has 1 aliphatic heterocycles. The fourth-order valence-corrected chi connectivity index (χ4v) is 4.07. The standard InChI is InChI=1S/C24H26N2O4S/c1-4-9-18-14-17(15-20(22(18)27)30-5-2)16-21-23(28)26(12-13-29-3)24(31-21)25-19-10-7-6-8-11-19/h4,6-11,14-16,27H,5,12-13H2,1-3H3/b9-4+,21-16-,25-24-. The molecular formula is C24H26N2O4S. The van der Waals surface area contributed by atoms with Crippen molar-refractivity contribution in [3.8, 4) is 11.5 Å². The number of nitrogens with zero attached hydrogens (tertiary/aromatic N) is 2. The Morgan fingerprint density at radius 3 is 2.68 bits per heavy atom. The van der Waals surface area contributed by atoms with Gasteiger partial charge in [-0.1, -0.05) is 30.4 Å². The first-order chi connectivity index (χ1) is 15.1. The second kappa shape index (κ2) is 10.8. The lowest BCUT2D eigenvalue weighted by Crippen LogP contribution is -2.32. The predicted octanol–water partition coefficient (Wildman–Crippen LogP) is 5.07. The molecule has 2 aromatic rings. The smallest absolute Gasteiger partial charge is 0.266 e. The molecular weight excluding hydrogens is 412 g/mol. The molecule has 3 rings (SSSR count). The highest BCUT2D eigenvalue weighted by atomic mass is 32.2. The Hall–Kier alpha value is -3.03. The van der Waals surface area contributed by atoms with Gasteiger partial charge in [0, 0.05) is 12.7 Å². The van der Waals surface area contributed by atoms with Crippen LogP contribution in [0.5, 0.6) is 11.5 Å². The second-order valence-corrected chi connectivity index (χ2v) is 7.69. The lowest BCUT2D eigenvalue weighted by Gasteiger charge is -2.14. The normalized spacial score (nSPS) is 16.7. The molecule has 0 atom stereocenters. The maximum absolute atomic E-state index is 13.1. The number of hydrogen-bond acceptors (Lipinski definition) is 6. The molecule has 1 fully saturated rings. The summed E-state index contributed by atoms with van der Waals surface area (Å²) in [6.07, 6.45) is 5.44. The minimum Gasteiger partial charge on any atom is -0.504 e. The van der Waals surface area contributed by atoms with Gasteiger partial charge >= 0.3 is 0 Å². The molecule has 7 heteroatoms. The van der Waals surface area contributed by atoms with E-state index in [0.29, 0.717) is 41.1 Å². The number of aliphatic imine (C=N–C) groups is 1. The number of phenolic OH excluding ortho intramolecular Hbond substituents is 1. The van der Waals surface area contributed by atoms with Crippen molar-refractivity contribution < 1.29 is 19.4 Å². The first-order valence-corrected chi connectivity index (χ1v) is 10.9. The number of phenols is 1. The maximum Gasteiger partial charge on any atom is 0.266 e. The van der Waals surface area contributed by atoms with Crippen LogP contribution in [-0.4, -0.2) is 47.9 Å². The Balaban J connectivity index is 2.00. The van der Waals surface area contributed by atoms with E-state index in [0.717, 1.165) is 11.3 Å². The summed E-state index contributed by atoms with van der Waals surface area (Å²) < 4.78 is 10.7.